The Balaban J connectivity index is 2.20. The average molecular weight is 316 g/mol. The van der Waals surface area contributed by atoms with Crippen LogP contribution in [0.25, 0.3) is 0 Å². The molecule has 0 saturated carbocycles. The number of unbranched alkanes of at least 4 members (excludes halogenated alkanes) is 2. The summed E-state index contributed by atoms with van der Waals surface area (Å²) in [5.41, 5.74) is -0.560. The molecule has 0 amide bonds. The van der Waals surface area contributed by atoms with E-state index in [1.807, 2.05) is 0 Å². The maximum atomic E-state index is 12.2. The van der Waals surface area contributed by atoms with Crippen molar-refractivity contribution in [3.05, 3.63) is 26.8 Å². The molecule has 6 heteroatoms. The fourth-order valence-corrected chi connectivity index (χ4v) is 2.67. The second kappa shape index (κ2) is 6.31. The predicted octanol–water partition coefficient (Wildman–Crippen LogP) is 1.31. The molecule has 2 rings (SSSR count). The van der Waals surface area contributed by atoms with Gasteiger partial charge in [0.15, 0.2) is 0 Å². The maximum Gasteiger partial charge on any atom is 0.353 e. The average Bonchev–Trinajstić information content (AvgIpc) is 2.38. The lowest BCUT2D eigenvalue weighted by molar-refractivity contribution is 0.435. The molecule has 1 aliphatic rings. The SMILES string of the molecule is O=c1nc2n(c(=O)n1CCCCCBr)CCCC2. The first-order valence-corrected chi connectivity index (χ1v) is 7.62. The normalized spacial score (nSPS) is 14.5. The van der Waals surface area contributed by atoms with Gasteiger partial charge in [-0.25, -0.2) is 14.2 Å². The predicted molar refractivity (Wildman–Crippen MR) is 73.3 cm³/mol. The molecule has 5 nitrogen and oxygen atoms in total. The van der Waals surface area contributed by atoms with Gasteiger partial charge in [0, 0.05) is 24.8 Å². The molecule has 0 saturated heterocycles. The highest BCUT2D eigenvalue weighted by Crippen LogP contribution is 2.07. The largest absolute Gasteiger partial charge is 0.353 e. The number of alkyl halides is 1. The zero-order valence-electron chi connectivity index (χ0n) is 10.4. The second-order valence-electron chi connectivity index (χ2n) is 4.60. The van der Waals surface area contributed by atoms with Gasteiger partial charge < -0.3 is 0 Å². The van der Waals surface area contributed by atoms with Gasteiger partial charge in [0.25, 0.3) is 0 Å². The minimum atomic E-state index is -0.382. The van der Waals surface area contributed by atoms with Crippen molar-refractivity contribution >= 4 is 15.9 Å². The Morgan fingerprint density at radius 3 is 2.78 bits per heavy atom. The first-order valence-electron chi connectivity index (χ1n) is 6.50. The molecule has 1 aliphatic heterocycles. The molecular weight excluding hydrogens is 298 g/mol. The van der Waals surface area contributed by atoms with Gasteiger partial charge >= 0.3 is 11.4 Å². The van der Waals surface area contributed by atoms with Crippen LogP contribution in [-0.4, -0.2) is 19.4 Å². The van der Waals surface area contributed by atoms with Gasteiger partial charge in [0.2, 0.25) is 0 Å². The van der Waals surface area contributed by atoms with Crippen LogP contribution in [0.1, 0.15) is 37.9 Å². The molecule has 0 fully saturated rings. The van der Waals surface area contributed by atoms with Crippen molar-refractivity contribution in [2.45, 2.75) is 51.6 Å². The summed E-state index contributed by atoms with van der Waals surface area (Å²) < 4.78 is 2.94. The van der Waals surface area contributed by atoms with Crippen molar-refractivity contribution in [1.29, 1.82) is 0 Å². The van der Waals surface area contributed by atoms with Crippen LogP contribution in [-0.2, 0) is 19.5 Å². The minimum Gasteiger partial charge on any atom is -0.281 e. The Morgan fingerprint density at radius 1 is 1.17 bits per heavy atom. The van der Waals surface area contributed by atoms with E-state index in [2.05, 4.69) is 20.9 Å². The number of fused-ring (bicyclic) bond motifs is 1. The lowest BCUT2D eigenvalue weighted by Gasteiger charge is -2.17. The highest BCUT2D eigenvalue weighted by atomic mass is 79.9. The molecule has 0 aliphatic carbocycles. The summed E-state index contributed by atoms with van der Waals surface area (Å²) in [6.45, 7) is 1.18. The number of hydrogen-bond acceptors (Lipinski definition) is 3. The van der Waals surface area contributed by atoms with Gasteiger partial charge in [-0.15, -0.1) is 0 Å². The third kappa shape index (κ3) is 2.91. The molecule has 0 N–H and O–H groups in total. The topological polar surface area (TPSA) is 56.9 Å². The van der Waals surface area contributed by atoms with Gasteiger partial charge in [-0.3, -0.25) is 4.57 Å². The Hall–Kier alpha value is -0.910. The van der Waals surface area contributed by atoms with E-state index >= 15 is 0 Å². The lowest BCUT2D eigenvalue weighted by atomic mass is 10.1. The van der Waals surface area contributed by atoms with Crippen LogP contribution in [0.2, 0.25) is 0 Å². The number of halogens is 1. The Labute approximate surface area is 114 Å². The summed E-state index contributed by atoms with van der Waals surface area (Å²) in [5.74, 6) is 0.660. The monoisotopic (exact) mass is 315 g/mol. The molecule has 1 aromatic rings. The summed E-state index contributed by atoms with van der Waals surface area (Å²) in [6, 6.07) is 0. The third-order valence-corrected chi connectivity index (χ3v) is 3.84. The second-order valence-corrected chi connectivity index (χ2v) is 5.40. The summed E-state index contributed by atoms with van der Waals surface area (Å²) in [6.07, 6.45) is 5.68. The maximum absolute atomic E-state index is 12.2. The van der Waals surface area contributed by atoms with Gasteiger partial charge in [0.1, 0.15) is 5.82 Å². The van der Waals surface area contributed by atoms with Crippen molar-refractivity contribution < 1.29 is 0 Å². The van der Waals surface area contributed by atoms with Gasteiger partial charge in [-0.2, -0.15) is 4.98 Å². The van der Waals surface area contributed by atoms with Crippen LogP contribution in [0.15, 0.2) is 9.59 Å². The zero-order valence-corrected chi connectivity index (χ0v) is 12.0. The van der Waals surface area contributed by atoms with Crippen LogP contribution in [0.3, 0.4) is 0 Å². The van der Waals surface area contributed by atoms with Crippen LogP contribution in [0.5, 0.6) is 0 Å². The number of hydrogen-bond donors (Lipinski definition) is 0. The van der Waals surface area contributed by atoms with Crippen molar-refractivity contribution in [1.82, 2.24) is 14.1 Å². The Bertz CT molecular complexity index is 521. The van der Waals surface area contributed by atoms with E-state index in [9.17, 15) is 9.59 Å². The highest BCUT2D eigenvalue weighted by molar-refractivity contribution is 9.09. The van der Waals surface area contributed by atoms with Crippen molar-refractivity contribution in [2.24, 2.45) is 0 Å². The standard InChI is InChI=1S/C12H18BrN3O2/c13-7-3-1-4-9-16-11(17)14-10-6-2-5-8-15(10)12(16)18/h1-9H2. The molecule has 1 aromatic heterocycles. The third-order valence-electron chi connectivity index (χ3n) is 3.28. The molecule has 0 atom stereocenters. The molecule has 0 spiro atoms. The zero-order chi connectivity index (χ0) is 13.0. The molecule has 0 unspecified atom stereocenters. The molecule has 0 bridgehead atoms. The quantitative estimate of drug-likeness (QED) is 0.608. The molecular formula is C12H18BrN3O2. The number of aryl methyl sites for hydroxylation is 1. The summed E-state index contributed by atoms with van der Waals surface area (Å²) >= 11 is 3.37. The van der Waals surface area contributed by atoms with E-state index in [1.165, 1.54) is 4.57 Å². The lowest BCUT2D eigenvalue weighted by Crippen LogP contribution is -2.44. The van der Waals surface area contributed by atoms with Crippen molar-refractivity contribution in [3.63, 3.8) is 0 Å². The van der Waals surface area contributed by atoms with Crippen LogP contribution in [0, 0.1) is 0 Å². The summed E-state index contributed by atoms with van der Waals surface area (Å²) in [5, 5.41) is 0.962. The first kappa shape index (κ1) is 13.5. The van der Waals surface area contributed by atoms with Gasteiger partial charge in [-0.05, 0) is 25.7 Å². The minimum absolute atomic E-state index is 0.177. The van der Waals surface area contributed by atoms with E-state index in [4.69, 9.17) is 0 Å². The summed E-state index contributed by atoms with van der Waals surface area (Å²) in [7, 11) is 0. The Kier molecular flexibility index (Phi) is 4.74. The molecule has 0 radical (unpaired) electrons. The van der Waals surface area contributed by atoms with E-state index < -0.39 is 0 Å². The first-order chi connectivity index (χ1) is 8.74. The molecule has 100 valence electrons. The fourth-order valence-electron chi connectivity index (χ4n) is 2.27. The summed E-state index contributed by atoms with van der Waals surface area (Å²) in [4.78, 5) is 28.0. The molecule has 0 aromatic carbocycles. The van der Waals surface area contributed by atoms with Crippen molar-refractivity contribution in [3.8, 4) is 0 Å². The van der Waals surface area contributed by atoms with Gasteiger partial charge in [0.05, 0.1) is 0 Å². The van der Waals surface area contributed by atoms with E-state index in [0.717, 1.165) is 43.9 Å². The van der Waals surface area contributed by atoms with Gasteiger partial charge in [-0.1, -0.05) is 22.4 Å². The van der Waals surface area contributed by atoms with Crippen LogP contribution in [0.4, 0.5) is 0 Å². The molecule has 2 heterocycles. The highest BCUT2D eigenvalue weighted by Gasteiger charge is 2.15. The smallest absolute Gasteiger partial charge is 0.281 e. The Morgan fingerprint density at radius 2 is 2.00 bits per heavy atom. The molecule has 18 heavy (non-hydrogen) atoms. The fraction of sp³-hybridized carbons (Fsp3) is 0.750. The van der Waals surface area contributed by atoms with E-state index in [0.29, 0.717) is 18.9 Å². The van der Waals surface area contributed by atoms with E-state index in [1.54, 1.807) is 4.57 Å². The van der Waals surface area contributed by atoms with E-state index in [-0.39, 0.29) is 11.4 Å². The number of aromatic nitrogens is 3. The van der Waals surface area contributed by atoms with Crippen LogP contribution >= 0.6 is 15.9 Å². The number of nitrogens with zero attached hydrogens (tertiary/aromatic N) is 3. The van der Waals surface area contributed by atoms with Crippen molar-refractivity contribution in [2.75, 3.05) is 5.33 Å². The van der Waals surface area contributed by atoms with Crippen LogP contribution < -0.4 is 11.4 Å². The number of rotatable bonds is 5.